The van der Waals surface area contributed by atoms with Crippen molar-refractivity contribution in [3.05, 3.63) is 65.2 Å². The summed E-state index contributed by atoms with van der Waals surface area (Å²) in [6.07, 6.45) is 1.50. The number of benzene rings is 2. The van der Waals surface area contributed by atoms with Crippen molar-refractivity contribution in [2.45, 2.75) is 26.3 Å². The number of carbonyl (C=O) groups is 1. The molecule has 3 heteroatoms. The number of carbonyl (C=O) groups excluding carboxylic acids is 1. The molecule has 0 radical (unpaired) electrons. The van der Waals surface area contributed by atoms with Crippen molar-refractivity contribution in [3.63, 3.8) is 0 Å². The van der Waals surface area contributed by atoms with Crippen molar-refractivity contribution in [1.29, 1.82) is 0 Å². The highest BCUT2D eigenvalue weighted by atomic mass is 16.1. The minimum atomic E-state index is 0.0340. The van der Waals surface area contributed by atoms with E-state index in [1.807, 2.05) is 24.3 Å². The second-order valence-corrected chi connectivity index (χ2v) is 5.07. The number of amides is 1. The molecule has 0 heterocycles. The predicted molar refractivity (Wildman–Crippen MR) is 87.4 cm³/mol. The highest BCUT2D eigenvalue weighted by Crippen LogP contribution is 2.12. The molecule has 0 saturated heterocycles. The molecule has 21 heavy (non-hydrogen) atoms. The molecule has 110 valence electrons. The molecule has 0 aliphatic rings. The summed E-state index contributed by atoms with van der Waals surface area (Å²) in [5, 5.41) is 6.02. The molecular weight excluding hydrogens is 260 g/mol. The Morgan fingerprint density at radius 3 is 2.05 bits per heavy atom. The van der Waals surface area contributed by atoms with E-state index < -0.39 is 0 Å². The molecule has 0 aromatic heterocycles. The van der Waals surface area contributed by atoms with E-state index >= 15 is 0 Å². The molecule has 0 aliphatic heterocycles. The lowest BCUT2D eigenvalue weighted by atomic mass is 10.1. The SMILES string of the molecule is CCc1ccc(CNc2ccc(CC(=O)NC)cc2)cc1. The molecule has 2 aromatic carbocycles. The molecule has 0 bridgehead atoms. The third kappa shape index (κ3) is 4.63. The van der Waals surface area contributed by atoms with E-state index in [1.54, 1.807) is 7.05 Å². The zero-order valence-electron chi connectivity index (χ0n) is 12.6. The van der Waals surface area contributed by atoms with Gasteiger partial charge in [0, 0.05) is 19.3 Å². The first-order valence-corrected chi connectivity index (χ1v) is 7.32. The number of aryl methyl sites for hydroxylation is 1. The molecule has 0 atom stereocenters. The van der Waals surface area contributed by atoms with Gasteiger partial charge in [-0.1, -0.05) is 43.3 Å². The van der Waals surface area contributed by atoms with E-state index in [4.69, 9.17) is 0 Å². The first-order valence-electron chi connectivity index (χ1n) is 7.32. The van der Waals surface area contributed by atoms with Crippen molar-refractivity contribution in [2.24, 2.45) is 0 Å². The van der Waals surface area contributed by atoms with Gasteiger partial charge in [0.15, 0.2) is 0 Å². The van der Waals surface area contributed by atoms with Crippen LogP contribution in [0.3, 0.4) is 0 Å². The minimum absolute atomic E-state index is 0.0340. The van der Waals surface area contributed by atoms with Crippen molar-refractivity contribution >= 4 is 11.6 Å². The third-order valence-electron chi connectivity index (χ3n) is 3.53. The molecule has 2 aromatic rings. The Morgan fingerprint density at radius 1 is 0.905 bits per heavy atom. The van der Waals surface area contributed by atoms with Crippen molar-refractivity contribution in [1.82, 2.24) is 5.32 Å². The lowest BCUT2D eigenvalue weighted by molar-refractivity contribution is -0.119. The maximum atomic E-state index is 11.3. The van der Waals surface area contributed by atoms with Crippen LogP contribution < -0.4 is 10.6 Å². The summed E-state index contributed by atoms with van der Waals surface area (Å²) in [5.41, 5.74) is 4.71. The number of hydrogen-bond donors (Lipinski definition) is 2. The molecule has 0 aliphatic carbocycles. The van der Waals surface area contributed by atoms with Crippen LogP contribution in [0.1, 0.15) is 23.6 Å². The van der Waals surface area contributed by atoms with Gasteiger partial charge in [-0.2, -0.15) is 0 Å². The van der Waals surface area contributed by atoms with Crippen LogP contribution in [0.4, 0.5) is 5.69 Å². The van der Waals surface area contributed by atoms with Crippen LogP contribution in [0.25, 0.3) is 0 Å². The van der Waals surface area contributed by atoms with Gasteiger partial charge in [0.05, 0.1) is 6.42 Å². The van der Waals surface area contributed by atoms with Gasteiger partial charge in [0.2, 0.25) is 5.91 Å². The zero-order chi connectivity index (χ0) is 15.1. The smallest absolute Gasteiger partial charge is 0.224 e. The Hall–Kier alpha value is -2.29. The molecule has 0 fully saturated rings. The summed E-state index contributed by atoms with van der Waals surface area (Å²) in [4.78, 5) is 11.3. The number of anilines is 1. The minimum Gasteiger partial charge on any atom is -0.381 e. The van der Waals surface area contributed by atoms with E-state index in [2.05, 4.69) is 41.8 Å². The van der Waals surface area contributed by atoms with Crippen molar-refractivity contribution < 1.29 is 4.79 Å². The fraction of sp³-hybridized carbons (Fsp3) is 0.278. The van der Waals surface area contributed by atoms with Gasteiger partial charge in [0.1, 0.15) is 0 Å². The first-order chi connectivity index (χ1) is 10.2. The fourth-order valence-electron chi connectivity index (χ4n) is 2.11. The van der Waals surface area contributed by atoms with Gasteiger partial charge in [-0.25, -0.2) is 0 Å². The number of likely N-dealkylation sites (N-methyl/N-ethyl adjacent to an activating group) is 1. The van der Waals surface area contributed by atoms with E-state index in [0.717, 1.165) is 24.2 Å². The number of rotatable bonds is 6. The van der Waals surface area contributed by atoms with Crippen LogP contribution in [0.15, 0.2) is 48.5 Å². The standard InChI is InChI=1S/C18H22N2O/c1-3-14-4-6-16(7-5-14)13-20-17-10-8-15(9-11-17)12-18(21)19-2/h4-11,20H,3,12-13H2,1-2H3,(H,19,21). The maximum absolute atomic E-state index is 11.3. The monoisotopic (exact) mass is 282 g/mol. The van der Waals surface area contributed by atoms with Crippen LogP contribution >= 0.6 is 0 Å². The largest absolute Gasteiger partial charge is 0.381 e. The van der Waals surface area contributed by atoms with Gasteiger partial charge in [-0.15, -0.1) is 0 Å². The summed E-state index contributed by atoms with van der Waals surface area (Å²) in [6, 6.07) is 16.7. The van der Waals surface area contributed by atoms with Gasteiger partial charge >= 0.3 is 0 Å². The topological polar surface area (TPSA) is 41.1 Å². The Labute approximate surface area is 126 Å². The van der Waals surface area contributed by atoms with E-state index in [9.17, 15) is 4.79 Å². The fourth-order valence-corrected chi connectivity index (χ4v) is 2.11. The Balaban J connectivity index is 1.89. The summed E-state index contributed by atoms with van der Waals surface area (Å²) >= 11 is 0. The molecule has 0 spiro atoms. The third-order valence-corrected chi connectivity index (χ3v) is 3.53. The molecular formula is C18H22N2O. The van der Waals surface area contributed by atoms with Gasteiger partial charge < -0.3 is 10.6 Å². The first kappa shape index (κ1) is 15.1. The highest BCUT2D eigenvalue weighted by molar-refractivity contribution is 5.78. The molecule has 0 unspecified atom stereocenters. The second kappa shape index (κ2) is 7.48. The lowest BCUT2D eigenvalue weighted by Crippen LogP contribution is -2.19. The Morgan fingerprint density at radius 2 is 1.48 bits per heavy atom. The Kier molecular flexibility index (Phi) is 5.38. The second-order valence-electron chi connectivity index (χ2n) is 5.07. The zero-order valence-corrected chi connectivity index (χ0v) is 12.6. The van der Waals surface area contributed by atoms with Gasteiger partial charge in [-0.05, 0) is 35.2 Å². The normalized spacial score (nSPS) is 10.2. The van der Waals surface area contributed by atoms with Crippen LogP contribution in [0, 0.1) is 0 Å². The predicted octanol–water partition coefficient (Wildman–Crippen LogP) is 3.15. The van der Waals surface area contributed by atoms with Crippen LogP contribution in [0.5, 0.6) is 0 Å². The molecule has 2 rings (SSSR count). The van der Waals surface area contributed by atoms with Crippen LogP contribution in [0.2, 0.25) is 0 Å². The summed E-state index contributed by atoms with van der Waals surface area (Å²) in [7, 11) is 1.65. The molecule has 0 saturated carbocycles. The molecule has 1 amide bonds. The highest BCUT2D eigenvalue weighted by Gasteiger charge is 2.01. The van der Waals surface area contributed by atoms with E-state index in [1.165, 1.54) is 11.1 Å². The summed E-state index contributed by atoms with van der Waals surface area (Å²) in [5.74, 6) is 0.0340. The Bertz CT molecular complexity index is 573. The summed E-state index contributed by atoms with van der Waals surface area (Å²) < 4.78 is 0. The molecule has 2 N–H and O–H groups in total. The number of nitrogens with one attached hydrogen (secondary N) is 2. The van der Waals surface area contributed by atoms with Crippen LogP contribution in [-0.4, -0.2) is 13.0 Å². The quantitative estimate of drug-likeness (QED) is 0.854. The maximum Gasteiger partial charge on any atom is 0.224 e. The molecule has 3 nitrogen and oxygen atoms in total. The van der Waals surface area contributed by atoms with Crippen LogP contribution in [-0.2, 0) is 24.2 Å². The summed E-state index contributed by atoms with van der Waals surface area (Å²) in [6.45, 7) is 2.96. The van der Waals surface area contributed by atoms with Crippen molar-refractivity contribution in [2.75, 3.05) is 12.4 Å². The van der Waals surface area contributed by atoms with E-state index in [0.29, 0.717) is 6.42 Å². The van der Waals surface area contributed by atoms with Gasteiger partial charge in [-0.3, -0.25) is 4.79 Å². The van der Waals surface area contributed by atoms with Gasteiger partial charge in [0.25, 0.3) is 0 Å². The van der Waals surface area contributed by atoms with E-state index in [-0.39, 0.29) is 5.91 Å². The number of hydrogen-bond acceptors (Lipinski definition) is 2. The average Bonchev–Trinajstić information content (AvgIpc) is 2.54. The average molecular weight is 282 g/mol. The van der Waals surface area contributed by atoms with Crippen molar-refractivity contribution in [3.8, 4) is 0 Å². The lowest BCUT2D eigenvalue weighted by Gasteiger charge is -2.08.